The molecule has 1 atom stereocenters. The van der Waals surface area contributed by atoms with E-state index in [1.807, 2.05) is 0 Å². The fourth-order valence-electron chi connectivity index (χ4n) is 4.83. The van der Waals surface area contributed by atoms with Crippen LogP contribution in [0.4, 0.5) is 0 Å². The molecule has 0 radical (unpaired) electrons. The van der Waals surface area contributed by atoms with Gasteiger partial charge >= 0.3 is 0 Å². The molecule has 0 amide bonds. The molecule has 0 bridgehead atoms. The summed E-state index contributed by atoms with van der Waals surface area (Å²) >= 11 is 0. The second-order valence-electron chi connectivity index (χ2n) is 7.63. The maximum Gasteiger partial charge on any atom is 0.0434 e. The standard InChI is InChI=1S/C27H24O/c1-2-18-13-14-24-22-10-4-3-8-19(22)16-26(24)27(18)25-17-20(9-7-15-28)21-11-5-6-12-23(21)25/h2-6,8,10-14,16-17,25,28H,7,9,15H2,1H3. The van der Waals surface area contributed by atoms with Gasteiger partial charge in [-0.05, 0) is 74.5 Å². The van der Waals surface area contributed by atoms with Gasteiger partial charge in [-0.1, -0.05) is 72.8 Å². The van der Waals surface area contributed by atoms with Crippen molar-refractivity contribution in [2.45, 2.75) is 25.7 Å². The Morgan fingerprint density at radius 2 is 1.75 bits per heavy atom. The van der Waals surface area contributed by atoms with Gasteiger partial charge in [0.1, 0.15) is 0 Å². The van der Waals surface area contributed by atoms with E-state index in [9.17, 15) is 5.11 Å². The molecule has 0 spiro atoms. The number of benzene rings is 3. The zero-order valence-electron chi connectivity index (χ0n) is 16.2. The van der Waals surface area contributed by atoms with E-state index in [0.29, 0.717) is 0 Å². The van der Waals surface area contributed by atoms with Crippen LogP contribution in [0.5, 0.6) is 0 Å². The molecule has 2 aliphatic rings. The molecule has 0 heterocycles. The normalized spacial score (nSPS) is 17.0. The summed E-state index contributed by atoms with van der Waals surface area (Å²) < 4.78 is 0. The van der Waals surface area contributed by atoms with Gasteiger partial charge in [0.15, 0.2) is 0 Å². The quantitative estimate of drug-likeness (QED) is 0.575. The second kappa shape index (κ2) is 6.92. The average molecular weight is 364 g/mol. The van der Waals surface area contributed by atoms with Crippen molar-refractivity contribution < 1.29 is 5.11 Å². The molecule has 3 aromatic rings. The molecule has 3 aromatic carbocycles. The lowest BCUT2D eigenvalue weighted by molar-refractivity contribution is 0.290. The van der Waals surface area contributed by atoms with Crippen molar-refractivity contribution in [2.24, 2.45) is 0 Å². The van der Waals surface area contributed by atoms with Crippen LogP contribution in [-0.4, -0.2) is 11.7 Å². The SMILES string of the molecule is CC=c1ccc2c(c1C1C=C(CCCO)c3ccccc31)C=c1ccccc1=2. The zero-order valence-corrected chi connectivity index (χ0v) is 16.2. The Hall–Kier alpha value is -2.90. The smallest absolute Gasteiger partial charge is 0.0434 e. The Morgan fingerprint density at radius 3 is 2.61 bits per heavy atom. The van der Waals surface area contributed by atoms with Gasteiger partial charge in [-0.3, -0.25) is 0 Å². The minimum Gasteiger partial charge on any atom is -0.396 e. The summed E-state index contributed by atoms with van der Waals surface area (Å²) in [6.07, 6.45) is 8.75. The molecule has 1 unspecified atom stereocenters. The van der Waals surface area contributed by atoms with Crippen LogP contribution in [0, 0.1) is 10.4 Å². The monoisotopic (exact) mass is 364 g/mol. The Labute approximate surface area is 165 Å². The Balaban J connectivity index is 1.79. The first-order valence-electron chi connectivity index (χ1n) is 10.1. The van der Waals surface area contributed by atoms with Crippen LogP contribution in [0.3, 0.4) is 0 Å². The van der Waals surface area contributed by atoms with Crippen LogP contribution in [0.1, 0.15) is 47.9 Å². The van der Waals surface area contributed by atoms with E-state index in [4.69, 9.17) is 0 Å². The fraction of sp³-hybridized carbons (Fsp3) is 0.185. The highest BCUT2D eigenvalue weighted by molar-refractivity contribution is 5.78. The fourth-order valence-corrected chi connectivity index (χ4v) is 4.83. The summed E-state index contributed by atoms with van der Waals surface area (Å²) in [4.78, 5) is 0. The van der Waals surface area contributed by atoms with Gasteiger partial charge in [0, 0.05) is 12.5 Å². The number of hydrogen-bond donors (Lipinski definition) is 1. The lowest BCUT2D eigenvalue weighted by Gasteiger charge is -2.16. The Morgan fingerprint density at radius 1 is 0.929 bits per heavy atom. The Bertz CT molecular complexity index is 1310. The molecule has 28 heavy (non-hydrogen) atoms. The highest BCUT2D eigenvalue weighted by Gasteiger charge is 2.27. The van der Waals surface area contributed by atoms with Gasteiger partial charge in [0.2, 0.25) is 0 Å². The average Bonchev–Trinajstić information content (AvgIpc) is 3.30. The molecular formula is C27H24O. The molecule has 1 nitrogen and oxygen atoms in total. The van der Waals surface area contributed by atoms with Gasteiger partial charge in [-0.15, -0.1) is 0 Å². The summed E-state index contributed by atoms with van der Waals surface area (Å²) in [6, 6.07) is 22.0. The first-order valence-corrected chi connectivity index (χ1v) is 10.1. The van der Waals surface area contributed by atoms with Crippen LogP contribution in [0.25, 0.3) is 17.7 Å². The molecule has 2 aliphatic carbocycles. The molecule has 0 fully saturated rings. The highest BCUT2D eigenvalue weighted by Crippen LogP contribution is 2.42. The van der Waals surface area contributed by atoms with E-state index in [0.717, 1.165) is 12.8 Å². The summed E-state index contributed by atoms with van der Waals surface area (Å²) in [7, 11) is 0. The summed E-state index contributed by atoms with van der Waals surface area (Å²) in [6.45, 7) is 2.37. The van der Waals surface area contributed by atoms with Gasteiger partial charge in [-0.25, -0.2) is 0 Å². The maximum atomic E-state index is 9.33. The van der Waals surface area contributed by atoms with Crippen LogP contribution < -0.4 is 10.4 Å². The number of rotatable bonds is 4. The van der Waals surface area contributed by atoms with Crippen molar-refractivity contribution in [3.8, 4) is 0 Å². The van der Waals surface area contributed by atoms with Crippen molar-refractivity contribution in [3.05, 3.63) is 110 Å². The summed E-state index contributed by atoms with van der Waals surface area (Å²) in [5.74, 6) is 0.261. The van der Waals surface area contributed by atoms with E-state index in [2.05, 4.69) is 85.8 Å². The first kappa shape index (κ1) is 17.2. The molecule has 5 rings (SSSR count). The van der Waals surface area contributed by atoms with Crippen LogP contribution in [-0.2, 0) is 0 Å². The van der Waals surface area contributed by atoms with Crippen LogP contribution in [0.2, 0.25) is 0 Å². The summed E-state index contributed by atoms with van der Waals surface area (Å²) in [5.41, 5.74) is 6.86. The highest BCUT2D eigenvalue weighted by atomic mass is 16.2. The second-order valence-corrected chi connectivity index (χ2v) is 7.63. The third-order valence-corrected chi connectivity index (χ3v) is 6.11. The molecule has 0 saturated carbocycles. The van der Waals surface area contributed by atoms with Gasteiger partial charge in [0.05, 0.1) is 0 Å². The third-order valence-electron chi connectivity index (χ3n) is 6.11. The predicted molar refractivity (Wildman–Crippen MR) is 116 cm³/mol. The van der Waals surface area contributed by atoms with Crippen molar-refractivity contribution in [1.82, 2.24) is 0 Å². The molecule has 1 heteroatoms. The molecule has 0 aliphatic heterocycles. The third kappa shape index (κ3) is 2.58. The van der Waals surface area contributed by atoms with E-state index in [1.165, 1.54) is 48.7 Å². The lowest BCUT2D eigenvalue weighted by atomic mass is 9.87. The number of allylic oxidation sites excluding steroid dienone is 2. The number of fused-ring (bicyclic) bond motifs is 3. The lowest BCUT2D eigenvalue weighted by Crippen LogP contribution is -2.15. The van der Waals surface area contributed by atoms with Crippen molar-refractivity contribution in [1.29, 1.82) is 0 Å². The number of aliphatic hydroxyl groups is 1. The van der Waals surface area contributed by atoms with E-state index < -0.39 is 0 Å². The molecule has 1 N–H and O–H groups in total. The van der Waals surface area contributed by atoms with Gasteiger partial charge in [0.25, 0.3) is 0 Å². The number of aliphatic hydroxyl groups excluding tert-OH is 1. The summed E-state index contributed by atoms with van der Waals surface area (Å²) in [5, 5.41) is 14.6. The van der Waals surface area contributed by atoms with E-state index >= 15 is 0 Å². The van der Waals surface area contributed by atoms with Crippen molar-refractivity contribution in [3.63, 3.8) is 0 Å². The minimum absolute atomic E-state index is 0.238. The predicted octanol–water partition coefficient (Wildman–Crippen LogP) is 4.22. The number of hydrogen-bond acceptors (Lipinski definition) is 1. The van der Waals surface area contributed by atoms with E-state index in [-0.39, 0.29) is 12.5 Å². The van der Waals surface area contributed by atoms with Gasteiger partial charge < -0.3 is 5.11 Å². The minimum atomic E-state index is 0.238. The van der Waals surface area contributed by atoms with Crippen molar-refractivity contribution in [2.75, 3.05) is 6.61 Å². The largest absolute Gasteiger partial charge is 0.396 e. The molecule has 138 valence electrons. The van der Waals surface area contributed by atoms with E-state index in [1.54, 1.807) is 0 Å². The molecule has 0 saturated heterocycles. The van der Waals surface area contributed by atoms with Crippen LogP contribution in [0.15, 0.2) is 66.7 Å². The Kier molecular flexibility index (Phi) is 4.26. The van der Waals surface area contributed by atoms with Gasteiger partial charge in [-0.2, -0.15) is 0 Å². The maximum absolute atomic E-state index is 9.33. The topological polar surface area (TPSA) is 20.2 Å². The molecule has 0 aromatic heterocycles. The van der Waals surface area contributed by atoms with Crippen LogP contribution >= 0.6 is 0 Å². The van der Waals surface area contributed by atoms with Crippen molar-refractivity contribution >= 4 is 17.7 Å². The first-order chi connectivity index (χ1) is 13.8. The molecular weight excluding hydrogens is 340 g/mol. The zero-order chi connectivity index (χ0) is 19.1.